The molecule has 2 N–H and O–H groups in total. The lowest BCUT2D eigenvalue weighted by Crippen LogP contribution is -2.32. The first-order valence-electron chi connectivity index (χ1n) is 8.70. The van der Waals surface area contributed by atoms with Gasteiger partial charge in [0.1, 0.15) is 11.5 Å². The van der Waals surface area contributed by atoms with E-state index >= 15 is 0 Å². The van der Waals surface area contributed by atoms with Crippen molar-refractivity contribution < 1.29 is 37.2 Å². The highest BCUT2D eigenvalue weighted by atomic mass is 32.2. The van der Waals surface area contributed by atoms with Gasteiger partial charge in [-0.1, -0.05) is 31.8 Å². The smallest absolute Gasteiger partial charge is 0.327 e. The molecule has 0 aromatic rings. The molecule has 8 nitrogen and oxygen atoms in total. The molecular formula is C17H28O8S. The minimum Gasteiger partial charge on any atom is -0.478 e. The van der Waals surface area contributed by atoms with Crippen molar-refractivity contribution in [2.24, 2.45) is 0 Å². The van der Waals surface area contributed by atoms with Crippen LogP contribution in [0.15, 0.2) is 12.2 Å². The van der Waals surface area contributed by atoms with Crippen molar-refractivity contribution in [1.82, 2.24) is 0 Å². The van der Waals surface area contributed by atoms with Gasteiger partial charge >= 0.3 is 5.97 Å². The van der Waals surface area contributed by atoms with Gasteiger partial charge in [0.15, 0.2) is 5.78 Å². The van der Waals surface area contributed by atoms with Gasteiger partial charge in [0, 0.05) is 18.9 Å². The van der Waals surface area contributed by atoms with Crippen molar-refractivity contribution >= 4 is 28.2 Å². The molecule has 26 heavy (non-hydrogen) atoms. The molecule has 0 aliphatic heterocycles. The molecule has 0 aromatic carbocycles. The van der Waals surface area contributed by atoms with Crippen LogP contribution in [0.5, 0.6) is 0 Å². The Balaban J connectivity index is 4.32. The third-order valence-corrected chi connectivity index (χ3v) is 5.34. The standard InChI is InChI=1S/C17H28O8S/c18-12-8-9-15(20)16(26(23,24)25-14-13-19)10-6-4-2-1-3-5-7-11-17(21)22/h7,11-12,16,19H,1-6,8-10,13-14H2,(H,21,22). The summed E-state index contributed by atoms with van der Waals surface area (Å²) < 4.78 is 28.8. The molecular weight excluding hydrogens is 364 g/mol. The van der Waals surface area contributed by atoms with Crippen molar-refractivity contribution in [2.45, 2.75) is 63.0 Å². The van der Waals surface area contributed by atoms with E-state index < -0.39 is 40.3 Å². The molecule has 1 atom stereocenters. The summed E-state index contributed by atoms with van der Waals surface area (Å²) in [5.41, 5.74) is 0. The predicted octanol–water partition coefficient (Wildman–Crippen LogP) is 1.61. The molecule has 0 fully saturated rings. The Kier molecular flexibility index (Phi) is 13.7. The Morgan fingerprint density at radius 1 is 1.04 bits per heavy atom. The third-order valence-electron chi connectivity index (χ3n) is 3.65. The number of hydrogen-bond donors (Lipinski definition) is 2. The lowest BCUT2D eigenvalue weighted by atomic mass is 10.0. The fraction of sp³-hybridized carbons (Fsp3) is 0.706. The first kappa shape index (κ1) is 24.4. The molecule has 0 bridgehead atoms. The number of carboxylic acid groups (broad SMARTS) is 1. The Hall–Kier alpha value is -1.58. The number of aliphatic hydroxyl groups is 1. The topological polar surface area (TPSA) is 135 Å². The molecule has 0 aliphatic carbocycles. The van der Waals surface area contributed by atoms with Gasteiger partial charge in [-0.05, 0) is 19.3 Å². The fourth-order valence-electron chi connectivity index (χ4n) is 2.37. The summed E-state index contributed by atoms with van der Waals surface area (Å²) in [5.74, 6) is -1.52. The van der Waals surface area contributed by atoms with Crippen molar-refractivity contribution in [3.8, 4) is 0 Å². The number of Topliss-reactive ketones (excluding diaryl/α,β-unsaturated/α-hetero) is 1. The van der Waals surface area contributed by atoms with Gasteiger partial charge in [-0.15, -0.1) is 0 Å². The van der Waals surface area contributed by atoms with Crippen LogP contribution in [0, 0.1) is 0 Å². The average Bonchev–Trinajstić information content (AvgIpc) is 2.59. The molecule has 0 spiro atoms. The maximum absolute atomic E-state index is 12.1. The second kappa shape index (κ2) is 14.6. The minimum absolute atomic E-state index is 0.0330. The summed E-state index contributed by atoms with van der Waals surface area (Å²) in [5, 5.41) is 15.8. The van der Waals surface area contributed by atoms with Crippen molar-refractivity contribution in [2.75, 3.05) is 13.2 Å². The number of ketones is 1. The molecule has 9 heteroatoms. The molecule has 0 saturated carbocycles. The molecule has 0 amide bonds. The number of aliphatic hydroxyl groups excluding tert-OH is 1. The lowest BCUT2D eigenvalue weighted by Gasteiger charge is -2.15. The van der Waals surface area contributed by atoms with E-state index in [1.807, 2.05) is 0 Å². The van der Waals surface area contributed by atoms with Crippen LogP contribution in [0.2, 0.25) is 0 Å². The average molecular weight is 392 g/mol. The van der Waals surface area contributed by atoms with E-state index in [9.17, 15) is 22.8 Å². The number of allylic oxidation sites excluding steroid dienone is 1. The Bertz CT molecular complexity index is 553. The molecule has 0 heterocycles. The summed E-state index contributed by atoms with van der Waals surface area (Å²) in [6.07, 6.45) is 7.67. The summed E-state index contributed by atoms with van der Waals surface area (Å²) in [7, 11) is -4.12. The zero-order valence-electron chi connectivity index (χ0n) is 14.8. The quantitative estimate of drug-likeness (QED) is 0.165. The van der Waals surface area contributed by atoms with Crippen LogP contribution < -0.4 is 0 Å². The summed E-state index contributed by atoms with van der Waals surface area (Å²) in [6, 6.07) is 0. The zero-order chi connectivity index (χ0) is 19.8. The van der Waals surface area contributed by atoms with Gasteiger partial charge in [-0.2, -0.15) is 8.42 Å². The molecule has 1 unspecified atom stereocenters. The Labute approximate surface area is 154 Å². The summed E-state index contributed by atoms with van der Waals surface area (Å²) >= 11 is 0. The molecule has 0 aliphatic rings. The van der Waals surface area contributed by atoms with Gasteiger partial charge < -0.3 is 15.0 Å². The second-order valence-electron chi connectivity index (χ2n) is 5.78. The van der Waals surface area contributed by atoms with Crippen LogP contribution in [0.3, 0.4) is 0 Å². The number of aliphatic carboxylic acids is 1. The van der Waals surface area contributed by atoms with E-state index in [2.05, 4.69) is 4.18 Å². The highest BCUT2D eigenvalue weighted by Gasteiger charge is 2.32. The molecule has 0 saturated heterocycles. The van der Waals surface area contributed by atoms with E-state index in [0.717, 1.165) is 31.8 Å². The normalized spacial score (nSPS) is 13.0. The maximum Gasteiger partial charge on any atom is 0.327 e. The SMILES string of the molecule is O=CCCC(=O)C(CCCCCCCC=CC(=O)O)S(=O)(=O)OCCO. The third kappa shape index (κ3) is 11.9. The number of unbranched alkanes of at least 4 members (excludes halogenated alkanes) is 5. The van der Waals surface area contributed by atoms with Crippen LogP contribution in [-0.4, -0.2) is 55.1 Å². The van der Waals surface area contributed by atoms with E-state index in [0.29, 0.717) is 19.1 Å². The number of aldehydes is 1. The monoisotopic (exact) mass is 392 g/mol. The van der Waals surface area contributed by atoms with Crippen LogP contribution >= 0.6 is 0 Å². The van der Waals surface area contributed by atoms with Gasteiger partial charge in [0.25, 0.3) is 10.1 Å². The van der Waals surface area contributed by atoms with Gasteiger partial charge in [-0.3, -0.25) is 8.98 Å². The predicted molar refractivity (Wildman–Crippen MR) is 95.1 cm³/mol. The van der Waals surface area contributed by atoms with E-state index in [4.69, 9.17) is 10.2 Å². The van der Waals surface area contributed by atoms with E-state index in [1.54, 1.807) is 6.08 Å². The first-order valence-corrected chi connectivity index (χ1v) is 10.2. The fourth-order valence-corrected chi connectivity index (χ4v) is 3.74. The van der Waals surface area contributed by atoms with E-state index in [-0.39, 0.29) is 19.3 Å². The number of carbonyl (C=O) groups excluding carboxylic acids is 2. The molecule has 150 valence electrons. The number of carbonyl (C=O) groups is 3. The van der Waals surface area contributed by atoms with Gasteiger partial charge in [0.05, 0.1) is 13.2 Å². The van der Waals surface area contributed by atoms with Crippen LogP contribution in [0.25, 0.3) is 0 Å². The van der Waals surface area contributed by atoms with Crippen molar-refractivity contribution in [1.29, 1.82) is 0 Å². The van der Waals surface area contributed by atoms with Crippen LogP contribution in [-0.2, 0) is 28.7 Å². The summed E-state index contributed by atoms with van der Waals surface area (Å²) in [6.45, 7) is -0.867. The molecule has 0 rings (SSSR count). The Morgan fingerprint density at radius 2 is 1.69 bits per heavy atom. The zero-order valence-corrected chi connectivity index (χ0v) is 15.7. The van der Waals surface area contributed by atoms with Crippen molar-refractivity contribution in [3.63, 3.8) is 0 Å². The molecule has 0 radical (unpaired) electrons. The first-order chi connectivity index (χ1) is 12.3. The van der Waals surface area contributed by atoms with Crippen LogP contribution in [0.4, 0.5) is 0 Å². The van der Waals surface area contributed by atoms with Gasteiger partial charge in [0.2, 0.25) is 0 Å². The van der Waals surface area contributed by atoms with E-state index in [1.165, 1.54) is 0 Å². The maximum atomic E-state index is 12.1. The number of rotatable bonds is 17. The van der Waals surface area contributed by atoms with Crippen LogP contribution in [0.1, 0.15) is 57.8 Å². The molecule has 0 aromatic heterocycles. The summed E-state index contributed by atoms with van der Waals surface area (Å²) in [4.78, 5) is 32.8. The number of hydrogen-bond acceptors (Lipinski definition) is 7. The Morgan fingerprint density at radius 3 is 2.31 bits per heavy atom. The highest BCUT2D eigenvalue weighted by Crippen LogP contribution is 2.18. The lowest BCUT2D eigenvalue weighted by molar-refractivity contribution is -0.131. The van der Waals surface area contributed by atoms with Crippen molar-refractivity contribution in [3.05, 3.63) is 12.2 Å². The largest absolute Gasteiger partial charge is 0.478 e. The van der Waals surface area contributed by atoms with Gasteiger partial charge in [-0.25, -0.2) is 4.79 Å². The minimum atomic E-state index is -4.12. The number of carboxylic acids is 1. The second-order valence-corrected chi connectivity index (χ2v) is 7.57. The highest BCUT2D eigenvalue weighted by molar-refractivity contribution is 7.88.